The van der Waals surface area contributed by atoms with Gasteiger partial charge in [-0.25, -0.2) is 4.98 Å². The molecular weight excluding hydrogens is 188 g/mol. The van der Waals surface area contributed by atoms with Crippen LogP contribution in [0.5, 0.6) is 0 Å². The van der Waals surface area contributed by atoms with Crippen LogP contribution < -0.4 is 5.56 Å². The molecule has 1 aromatic carbocycles. The molecule has 0 atom stereocenters. The maximum absolute atomic E-state index is 11.2. The number of aryl methyl sites for hydroxylation is 1. The number of aromatic nitrogens is 2. The van der Waals surface area contributed by atoms with Crippen LogP contribution in [0.4, 0.5) is 0 Å². The molecule has 2 aromatic rings. The van der Waals surface area contributed by atoms with Crippen molar-refractivity contribution in [2.24, 2.45) is 7.05 Å². The van der Waals surface area contributed by atoms with Crippen LogP contribution in [0.3, 0.4) is 0 Å². The van der Waals surface area contributed by atoms with Crippen molar-refractivity contribution < 1.29 is 0 Å². The van der Waals surface area contributed by atoms with E-state index in [1.165, 1.54) is 10.8 Å². The zero-order valence-corrected chi connectivity index (χ0v) is 7.75. The Hall–Kier alpha value is -1.35. The van der Waals surface area contributed by atoms with Crippen LogP contribution in [0.2, 0.25) is 5.02 Å². The van der Waals surface area contributed by atoms with Gasteiger partial charge < -0.3 is 4.57 Å². The Morgan fingerprint density at radius 2 is 2.23 bits per heavy atom. The summed E-state index contributed by atoms with van der Waals surface area (Å²) in [6.07, 6.45) is 1.29. The van der Waals surface area contributed by atoms with Crippen molar-refractivity contribution in [1.29, 1.82) is 0 Å². The number of hydrogen-bond donors (Lipinski definition) is 0. The molecule has 4 heteroatoms. The summed E-state index contributed by atoms with van der Waals surface area (Å²) in [6.45, 7) is 0. The Bertz CT molecular complexity index is 518. The lowest BCUT2D eigenvalue weighted by Crippen LogP contribution is -2.16. The topological polar surface area (TPSA) is 34.9 Å². The maximum atomic E-state index is 11.2. The molecule has 2 rings (SSSR count). The predicted octanol–water partition coefficient (Wildman–Crippen LogP) is 1.59. The van der Waals surface area contributed by atoms with E-state index in [4.69, 9.17) is 11.6 Å². The van der Waals surface area contributed by atoms with Crippen molar-refractivity contribution in [3.63, 3.8) is 0 Å². The second-order valence-electron chi connectivity index (χ2n) is 2.76. The summed E-state index contributed by atoms with van der Waals surface area (Å²) in [7, 11) is 1.68. The van der Waals surface area contributed by atoms with Gasteiger partial charge in [-0.15, -0.1) is 0 Å². The van der Waals surface area contributed by atoms with Gasteiger partial charge in [-0.05, 0) is 12.1 Å². The zero-order chi connectivity index (χ0) is 9.42. The second-order valence-corrected chi connectivity index (χ2v) is 3.17. The molecule has 0 aliphatic heterocycles. The Kier molecular flexibility index (Phi) is 1.81. The molecule has 0 spiro atoms. The minimum atomic E-state index is -0.152. The first-order chi connectivity index (χ1) is 6.20. The smallest absolute Gasteiger partial charge is 0.269 e. The van der Waals surface area contributed by atoms with Crippen molar-refractivity contribution in [3.05, 3.63) is 39.8 Å². The highest BCUT2D eigenvalue weighted by Gasteiger charge is 2.03. The highest BCUT2D eigenvalue weighted by atomic mass is 35.5. The quantitative estimate of drug-likeness (QED) is 0.639. The lowest BCUT2D eigenvalue weighted by Gasteiger charge is -2.03. The molecule has 0 saturated carbocycles. The molecule has 0 saturated heterocycles. The Morgan fingerprint density at radius 3 is 3.00 bits per heavy atom. The molecule has 0 unspecified atom stereocenters. The van der Waals surface area contributed by atoms with Crippen LogP contribution in [-0.4, -0.2) is 9.55 Å². The Morgan fingerprint density at radius 1 is 1.46 bits per heavy atom. The average Bonchev–Trinajstić information content (AvgIpc) is 2.12. The van der Waals surface area contributed by atoms with E-state index in [-0.39, 0.29) is 5.56 Å². The molecule has 0 N–H and O–H groups in total. The lowest BCUT2D eigenvalue weighted by atomic mass is 10.3. The van der Waals surface area contributed by atoms with Gasteiger partial charge in [0, 0.05) is 7.05 Å². The number of hydrogen-bond acceptors (Lipinski definition) is 2. The minimum absolute atomic E-state index is 0.152. The van der Waals surface area contributed by atoms with Crippen molar-refractivity contribution in [2.75, 3.05) is 0 Å². The van der Waals surface area contributed by atoms with E-state index in [0.717, 1.165) is 5.52 Å². The van der Waals surface area contributed by atoms with Crippen LogP contribution in [0.1, 0.15) is 0 Å². The number of nitrogens with zero attached hydrogens (tertiary/aromatic N) is 2. The number of halogens is 1. The van der Waals surface area contributed by atoms with Crippen molar-refractivity contribution in [2.45, 2.75) is 0 Å². The summed E-state index contributed by atoms with van der Waals surface area (Å²) in [5, 5.41) is 0.546. The maximum Gasteiger partial charge on any atom is 0.269 e. The first-order valence-corrected chi connectivity index (χ1v) is 4.18. The largest absolute Gasteiger partial charge is 0.307 e. The first kappa shape index (κ1) is 8.26. The summed E-state index contributed by atoms with van der Waals surface area (Å²) in [6, 6.07) is 5.37. The third kappa shape index (κ3) is 1.21. The van der Waals surface area contributed by atoms with Crippen LogP contribution in [-0.2, 0) is 7.05 Å². The van der Waals surface area contributed by atoms with E-state index in [9.17, 15) is 4.79 Å². The molecule has 13 heavy (non-hydrogen) atoms. The van der Waals surface area contributed by atoms with Crippen molar-refractivity contribution in [3.8, 4) is 0 Å². The van der Waals surface area contributed by atoms with Gasteiger partial charge in [0.25, 0.3) is 5.56 Å². The molecule has 0 bridgehead atoms. The van der Waals surface area contributed by atoms with E-state index >= 15 is 0 Å². The van der Waals surface area contributed by atoms with Gasteiger partial charge in [-0.1, -0.05) is 17.7 Å². The molecular formula is C9H7ClN2O. The van der Waals surface area contributed by atoms with Crippen molar-refractivity contribution in [1.82, 2.24) is 9.55 Å². The van der Waals surface area contributed by atoms with Crippen LogP contribution in [0, 0.1) is 0 Å². The molecule has 66 valence electrons. The van der Waals surface area contributed by atoms with E-state index in [0.29, 0.717) is 10.5 Å². The molecule has 0 radical (unpaired) electrons. The summed E-state index contributed by atoms with van der Waals surface area (Å²) in [5.41, 5.74) is 1.26. The fourth-order valence-corrected chi connectivity index (χ4v) is 1.56. The molecule has 3 nitrogen and oxygen atoms in total. The van der Waals surface area contributed by atoms with E-state index < -0.39 is 0 Å². The Labute approximate surface area is 79.6 Å². The lowest BCUT2D eigenvalue weighted by molar-refractivity contribution is 0.892. The summed E-state index contributed by atoms with van der Waals surface area (Å²) >= 11 is 5.93. The molecule has 1 aromatic heterocycles. The zero-order valence-electron chi connectivity index (χ0n) is 6.99. The normalized spacial score (nSPS) is 10.6. The Balaban J connectivity index is 3.05. The predicted molar refractivity (Wildman–Crippen MR) is 52.0 cm³/mol. The van der Waals surface area contributed by atoms with Crippen LogP contribution in [0.25, 0.3) is 11.0 Å². The standard InChI is InChI=1S/C9H7ClN2O/c1-12-8(13)5-11-7-4-2-3-6(10)9(7)12/h2-5H,1H3. The van der Waals surface area contributed by atoms with Crippen molar-refractivity contribution >= 4 is 22.6 Å². The monoisotopic (exact) mass is 194 g/mol. The fraction of sp³-hybridized carbons (Fsp3) is 0.111. The highest BCUT2D eigenvalue weighted by Crippen LogP contribution is 2.18. The SMILES string of the molecule is Cn1c(=O)cnc2cccc(Cl)c21. The number of fused-ring (bicyclic) bond motifs is 1. The van der Waals surface area contributed by atoms with E-state index in [2.05, 4.69) is 4.98 Å². The number of para-hydroxylation sites is 1. The van der Waals surface area contributed by atoms with Gasteiger partial charge in [-0.2, -0.15) is 0 Å². The molecule has 0 aliphatic carbocycles. The third-order valence-corrected chi connectivity index (χ3v) is 2.25. The minimum Gasteiger partial charge on any atom is -0.307 e. The van der Waals surface area contributed by atoms with Gasteiger partial charge in [-0.3, -0.25) is 4.79 Å². The second kappa shape index (κ2) is 2.85. The molecule has 0 aliphatic rings. The van der Waals surface area contributed by atoms with E-state index in [1.807, 2.05) is 12.1 Å². The van der Waals surface area contributed by atoms with Gasteiger partial charge in [0.1, 0.15) is 0 Å². The molecule has 1 heterocycles. The summed E-state index contributed by atoms with van der Waals surface area (Å²) in [4.78, 5) is 15.2. The van der Waals surface area contributed by atoms with Gasteiger partial charge in [0.05, 0.1) is 22.3 Å². The summed E-state index contributed by atoms with van der Waals surface area (Å²) in [5.74, 6) is 0. The fourth-order valence-electron chi connectivity index (χ4n) is 1.26. The number of rotatable bonds is 0. The summed E-state index contributed by atoms with van der Waals surface area (Å²) < 4.78 is 1.49. The van der Waals surface area contributed by atoms with E-state index in [1.54, 1.807) is 13.1 Å². The third-order valence-electron chi connectivity index (χ3n) is 1.95. The van der Waals surface area contributed by atoms with Gasteiger partial charge in [0.15, 0.2) is 0 Å². The molecule has 0 amide bonds. The molecule has 0 fully saturated rings. The average molecular weight is 195 g/mol. The van der Waals surface area contributed by atoms with Crippen LogP contribution in [0.15, 0.2) is 29.2 Å². The van der Waals surface area contributed by atoms with Gasteiger partial charge in [0.2, 0.25) is 0 Å². The first-order valence-electron chi connectivity index (χ1n) is 3.80. The number of benzene rings is 1. The van der Waals surface area contributed by atoms with Gasteiger partial charge >= 0.3 is 0 Å². The van der Waals surface area contributed by atoms with Crippen LogP contribution >= 0.6 is 11.6 Å². The highest BCUT2D eigenvalue weighted by molar-refractivity contribution is 6.34.